The number of benzene rings is 1. The van der Waals surface area contributed by atoms with Crippen molar-refractivity contribution in [3.8, 4) is 0 Å². The standard InChI is InChI=1S/C22H31N3O3S/c1-4-24(17-10-6-5-7-11-17)20(26)16(2)29-22-23-19-13-9-8-12-18(19)21(27)25(22)14-15-28-3/h8-9,12-13,16-17H,4-7,10-11,14-15H2,1-3H3/t16-/m0/s1. The lowest BCUT2D eigenvalue weighted by Gasteiger charge is -2.35. The van der Waals surface area contributed by atoms with Crippen LogP contribution < -0.4 is 5.56 Å². The van der Waals surface area contributed by atoms with Gasteiger partial charge in [0, 0.05) is 19.7 Å². The van der Waals surface area contributed by atoms with Crippen molar-refractivity contribution in [2.75, 3.05) is 20.3 Å². The molecule has 0 bridgehead atoms. The van der Waals surface area contributed by atoms with E-state index in [1.165, 1.54) is 31.0 Å². The molecular weight excluding hydrogens is 386 g/mol. The van der Waals surface area contributed by atoms with Crippen molar-refractivity contribution in [1.29, 1.82) is 0 Å². The topological polar surface area (TPSA) is 64.4 Å². The van der Waals surface area contributed by atoms with Crippen LogP contribution in [0.4, 0.5) is 0 Å². The zero-order valence-corrected chi connectivity index (χ0v) is 18.4. The molecule has 3 rings (SSSR count). The molecule has 1 amide bonds. The van der Waals surface area contributed by atoms with Crippen LogP contribution in [0, 0.1) is 0 Å². The Labute approximate surface area is 176 Å². The molecule has 7 heteroatoms. The first-order valence-corrected chi connectivity index (χ1v) is 11.4. The average Bonchev–Trinajstić information content (AvgIpc) is 2.75. The van der Waals surface area contributed by atoms with Crippen molar-refractivity contribution < 1.29 is 9.53 Å². The molecular formula is C22H31N3O3S. The Morgan fingerprint density at radius 3 is 2.72 bits per heavy atom. The van der Waals surface area contributed by atoms with E-state index in [1.807, 2.05) is 36.9 Å². The summed E-state index contributed by atoms with van der Waals surface area (Å²) in [6.07, 6.45) is 5.82. The number of rotatable bonds is 8. The maximum atomic E-state index is 13.2. The van der Waals surface area contributed by atoms with Crippen LogP contribution in [0.5, 0.6) is 0 Å². The van der Waals surface area contributed by atoms with E-state index in [9.17, 15) is 9.59 Å². The van der Waals surface area contributed by atoms with Crippen LogP contribution in [0.15, 0.2) is 34.2 Å². The number of methoxy groups -OCH3 is 1. The first-order chi connectivity index (χ1) is 14.1. The van der Waals surface area contributed by atoms with Crippen LogP contribution in [0.2, 0.25) is 0 Å². The number of amides is 1. The van der Waals surface area contributed by atoms with Crippen LogP contribution in [0.3, 0.4) is 0 Å². The van der Waals surface area contributed by atoms with Gasteiger partial charge in [0.25, 0.3) is 5.56 Å². The third-order valence-corrected chi connectivity index (χ3v) is 6.69. The Balaban J connectivity index is 1.87. The molecule has 1 aliphatic rings. The largest absolute Gasteiger partial charge is 0.383 e. The van der Waals surface area contributed by atoms with E-state index in [2.05, 4.69) is 0 Å². The van der Waals surface area contributed by atoms with Gasteiger partial charge in [-0.1, -0.05) is 43.2 Å². The van der Waals surface area contributed by atoms with E-state index in [0.717, 1.165) is 19.4 Å². The lowest BCUT2D eigenvalue weighted by molar-refractivity contribution is -0.133. The minimum Gasteiger partial charge on any atom is -0.383 e. The minimum atomic E-state index is -0.307. The van der Waals surface area contributed by atoms with E-state index in [1.54, 1.807) is 17.7 Å². The van der Waals surface area contributed by atoms with Gasteiger partial charge in [-0.3, -0.25) is 14.2 Å². The van der Waals surface area contributed by atoms with Gasteiger partial charge in [0.15, 0.2) is 5.16 Å². The van der Waals surface area contributed by atoms with E-state index in [4.69, 9.17) is 9.72 Å². The molecule has 0 unspecified atom stereocenters. The normalized spacial score (nSPS) is 16.1. The van der Waals surface area contributed by atoms with Gasteiger partial charge in [0.1, 0.15) is 0 Å². The molecule has 1 fully saturated rings. The van der Waals surface area contributed by atoms with Crippen molar-refractivity contribution in [2.45, 2.75) is 68.9 Å². The molecule has 0 spiro atoms. The molecule has 1 heterocycles. The number of nitrogens with zero attached hydrogens (tertiary/aromatic N) is 3. The molecule has 0 aliphatic heterocycles. The van der Waals surface area contributed by atoms with Gasteiger partial charge in [0.2, 0.25) is 5.91 Å². The van der Waals surface area contributed by atoms with Crippen molar-refractivity contribution >= 4 is 28.6 Å². The lowest BCUT2D eigenvalue weighted by atomic mass is 9.94. The predicted molar refractivity (Wildman–Crippen MR) is 117 cm³/mol. The molecule has 158 valence electrons. The fourth-order valence-electron chi connectivity index (χ4n) is 4.05. The summed E-state index contributed by atoms with van der Waals surface area (Å²) in [4.78, 5) is 33.0. The SMILES string of the molecule is CCN(C(=O)[C@H](C)Sc1nc2ccccc2c(=O)n1CCOC)C1CCCCC1. The Hall–Kier alpha value is -1.86. The number of carbonyl (C=O) groups is 1. The summed E-state index contributed by atoms with van der Waals surface area (Å²) in [6.45, 7) is 5.51. The van der Waals surface area contributed by atoms with E-state index >= 15 is 0 Å². The van der Waals surface area contributed by atoms with Gasteiger partial charge >= 0.3 is 0 Å². The molecule has 0 N–H and O–H groups in total. The van der Waals surface area contributed by atoms with Gasteiger partial charge < -0.3 is 9.64 Å². The van der Waals surface area contributed by atoms with Crippen LogP contribution in [-0.2, 0) is 16.1 Å². The molecule has 0 radical (unpaired) electrons. The molecule has 29 heavy (non-hydrogen) atoms. The molecule has 0 saturated heterocycles. The zero-order valence-electron chi connectivity index (χ0n) is 17.6. The highest BCUT2D eigenvalue weighted by molar-refractivity contribution is 8.00. The Bertz CT molecular complexity index is 892. The summed E-state index contributed by atoms with van der Waals surface area (Å²) in [5.74, 6) is 0.130. The monoisotopic (exact) mass is 417 g/mol. The second-order valence-electron chi connectivity index (χ2n) is 7.54. The van der Waals surface area contributed by atoms with Gasteiger partial charge in [-0.15, -0.1) is 0 Å². The summed E-state index contributed by atoms with van der Waals surface area (Å²) < 4.78 is 6.82. The summed E-state index contributed by atoms with van der Waals surface area (Å²) in [7, 11) is 1.61. The number of hydrogen-bond donors (Lipinski definition) is 0. The van der Waals surface area contributed by atoms with Gasteiger partial charge in [-0.05, 0) is 38.8 Å². The van der Waals surface area contributed by atoms with Crippen molar-refractivity contribution in [3.63, 3.8) is 0 Å². The van der Waals surface area contributed by atoms with E-state index in [0.29, 0.717) is 35.3 Å². The molecule has 2 aromatic rings. The summed E-state index contributed by atoms with van der Waals surface area (Å²) >= 11 is 1.37. The van der Waals surface area contributed by atoms with Crippen LogP contribution >= 0.6 is 11.8 Å². The Kier molecular flexibility index (Phi) is 7.72. The fourth-order valence-corrected chi connectivity index (χ4v) is 5.05. The van der Waals surface area contributed by atoms with Gasteiger partial charge in [-0.2, -0.15) is 0 Å². The lowest BCUT2D eigenvalue weighted by Crippen LogP contribution is -2.44. The highest BCUT2D eigenvalue weighted by Crippen LogP contribution is 2.28. The zero-order chi connectivity index (χ0) is 20.8. The molecule has 1 saturated carbocycles. The van der Waals surface area contributed by atoms with E-state index < -0.39 is 0 Å². The number of carbonyl (C=O) groups excluding carboxylic acids is 1. The molecule has 1 aliphatic carbocycles. The summed E-state index contributed by atoms with van der Waals surface area (Å²) in [5.41, 5.74) is 0.572. The van der Waals surface area contributed by atoms with Crippen molar-refractivity contribution in [3.05, 3.63) is 34.6 Å². The number of ether oxygens (including phenoxy) is 1. The first-order valence-electron chi connectivity index (χ1n) is 10.5. The minimum absolute atomic E-state index is 0.0885. The second kappa shape index (κ2) is 10.3. The molecule has 6 nitrogen and oxygen atoms in total. The van der Waals surface area contributed by atoms with Crippen molar-refractivity contribution in [1.82, 2.24) is 14.5 Å². The average molecular weight is 418 g/mol. The van der Waals surface area contributed by atoms with Crippen LogP contribution in [-0.4, -0.2) is 51.9 Å². The van der Waals surface area contributed by atoms with Crippen LogP contribution in [0.1, 0.15) is 46.0 Å². The summed E-state index contributed by atoms with van der Waals surface area (Å²) in [5, 5.41) is 0.856. The number of hydrogen-bond acceptors (Lipinski definition) is 5. The summed E-state index contributed by atoms with van der Waals surface area (Å²) in [6, 6.07) is 7.69. The number of para-hydroxylation sites is 1. The van der Waals surface area contributed by atoms with Gasteiger partial charge in [-0.25, -0.2) is 4.98 Å². The number of aromatic nitrogens is 2. The predicted octanol–water partition coefficient (Wildman–Crippen LogP) is 3.70. The maximum Gasteiger partial charge on any atom is 0.262 e. The molecule has 1 aromatic carbocycles. The number of fused-ring (bicyclic) bond motifs is 1. The smallest absolute Gasteiger partial charge is 0.262 e. The Morgan fingerprint density at radius 2 is 2.03 bits per heavy atom. The van der Waals surface area contributed by atoms with E-state index in [-0.39, 0.29) is 16.7 Å². The quantitative estimate of drug-likeness (QED) is 0.484. The van der Waals surface area contributed by atoms with Crippen molar-refractivity contribution in [2.24, 2.45) is 0 Å². The third-order valence-electron chi connectivity index (χ3n) is 5.61. The third kappa shape index (κ3) is 5.01. The highest BCUT2D eigenvalue weighted by atomic mass is 32.2. The second-order valence-corrected chi connectivity index (χ2v) is 8.85. The Morgan fingerprint density at radius 1 is 1.31 bits per heavy atom. The number of thioether (sulfide) groups is 1. The van der Waals surface area contributed by atoms with Gasteiger partial charge in [0.05, 0.1) is 29.3 Å². The fraction of sp³-hybridized carbons (Fsp3) is 0.591. The highest BCUT2D eigenvalue weighted by Gasteiger charge is 2.29. The van der Waals surface area contributed by atoms with Crippen LogP contribution in [0.25, 0.3) is 10.9 Å². The molecule has 1 atom stereocenters. The molecule has 1 aromatic heterocycles. The maximum absolute atomic E-state index is 13.2. The first kappa shape index (κ1) is 21.8.